The number of esters is 1. The van der Waals surface area contributed by atoms with Crippen LogP contribution in [-0.4, -0.2) is 34.2 Å². The molecule has 8 heteroatoms. The van der Waals surface area contributed by atoms with Crippen LogP contribution >= 0.6 is 0 Å². The third kappa shape index (κ3) is 3.75. The monoisotopic (exact) mass is 283 g/mol. The Labute approximate surface area is 113 Å². The number of carbonyl (C=O) groups excluding carboxylic acids is 1. The van der Waals surface area contributed by atoms with Gasteiger partial charge in [-0.05, 0) is 18.1 Å². The van der Waals surface area contributed by atoms with Crippen molar-refractivity contribution in [3.05, 3.63) is 39.4 Å². The number of benzene rings is 1. The van der Waals surface area contributed by atoms with Crippen molar-refractivity contribution >= 4 is 17.6 Å². The number of carbonyl (C=O) groups is 2. The molecule has 0 bridgehead atoms. The van der Waals surface area contributed by atoms with Crippen LogP contribution in [0.2, 0.25) is 0 Å². The maximum atomic E-state index is 11.0. The minimum Gasteiger partial charge on any atom is -0.479 e. The van der Waals surface area contributed by atoms with Gasteiger partial charge in [0.05, 0.1) is 17.6 Å². The lowest BCUT2D eigenvalue weighted by Gasteiger charge is -2.09. The molecule has 108 valence electrons. The summed E-state index contributed by atoms with van der Waals surface area (Å²) in [7, 11) is 1.23. The minimum absolute atomic E-state index is 0.0525. The number of aliphatic carboxylic acids is 1. The Balaban J connectivity index is 3.07. The van der Waals surface area contributed by atoms with E-state index < -0.39 is 28.7 Å². The number of carboxylic acids is 1. The van der Waals surface area contributed by atoms with Crippen LogP contribution in [0.25, 0.3) is 0 Å². The summed E-state index contributed by atoms with van der Waals surface area (Å²) in [5, 5.41) is 29.0. The summed E-state index contributed by atoms with van der Waals surface area (Å²) in [6, 6.07) is 3.72. The van der Waals surface area contributed by atoms with E-state index in [2.05, 4.69) is 4.74 Å². The topological polar surface area (TPSA) is 127 Å². The fourth-order valence-electron chi connectivity index (χ4n) is 1.63. The van der Waals surface area contributed by atoms with Gasteiger partial charge in [-0.15, -0.1) is 0 Å². The number of aryl methyl sites for hydroxylation is 1. The van der Waals surface area contributed by atoms with Gasteiger partial charge in [-0.1, -0.05) is 6.07 Å². The molecule has 0 saturated carbocycles. The minimum atomic E-state index is -1.99. The molecule has 0 aliphatic carbocycles. The molecule has 8 nitrogen and oxygen atoms in total. The smallest absolute Gasteiger partial charge is 0.337 e. The number of methoxy groups -OCH3 is 1. The number of carboxylic acid groups (broad SMARTS) is 1. The van der Waals surface area contributed by atoms with Gasteiger partial charge in [0.1, 0.15) is 0 Å². The van der Waals surface area contributed by atoms with E-state index in [1.807, 2.05) is 0 Å². The van der Waals surface area contributed by atoms with E-state index in [9.17, 15) is 24.8 Å². The highest BCUT2D eigenvalue weighted by molar-refractivity contribution is 5.76. The van der Waals surface area contributed by atoms with Crippen LogP contribution in [0.4, 0.5) is 5.69 Å². The highest BCUT2D eigenvalue weighted by atomic mass is 16.6. The first kappa shape index (κ1) is 15.6. The molecule has 0 fully saturated rings. The Hall–Kier alpha value is -2.48. The molecule has 1 unspecified atom stereocenters. The standard InChI is InChI=1S/C12H13NO7/c1-20-10(14)5-3-7-2-4-9(13(18)19)8(6-7)11(15)12(16)17/h2,4,6,11,15H,3,5H2,1H3,(H,16,17). The second-order valence-corrected chi connectivity index (χ2v) is 3.97. The number of aliphatic hydroxyl groups excluding tert-OH is 1. The summed E-state index contributed by atoms with van der Waals surface area (Å²) >= 11 is 0. The third-order valence-corrected chi connectivity index (χ3v) is 2.66. The van der Waals surface area contributed by atoms with Gasteiger partial charge in [-0.2, -0.15) is 0 Å². The summed E-state index contributed by atoms with van der Waals surface area (Å²) in [5.74, 6) is -2.04. The molecular weight excluding hydrogens is 270 g/mol. The highest BCUT2D eigenvalue weighted by Crippen LogP contribution is 2.27. The van der Waals surface area contributed by atoms with Gasteiger partial charge in [0, 0.05) is 12.5 Å². The maximum absolute atomic E-state index is 11.0. The Morgan fingerprint density at radius 2 is 2.10 bits per heavy atom. The number of aliphatic hydroxyl groups is 1. The lowest BCUT2D eigenvalue weighted by atomic mass is 10.0. The number of nitro benzene ring substituents is 1. The molecule has 1 rings (SSSR count). The van der Waals surface area contributed by atoms with Gasteiger partial charge in [-0.25, -0.2) is 4.79 Å². The Kier molecular flexibility index (Phi) is 5.15. The molecule has 1 aromatic carbocycles. The first-order valence-corrected chi connectivity index (χ1v) is 5.61. The van der Waals surface area contributed by atoms with Crippen molar-refractivity contribution in [1.29, 1.82) is 0 Å². The van der Waals surface area contributed by atoms with Gasteiger partial charge in [0.2, 0.25) is 0 Å². The summed E-state index contributed by atoms with van der Waals surface area (Å²) < 4.78 is 4.46. The van der Waals surface area contributed by atoms with Crippen molar-refractivity contribution in [2.75, 3.05) is 7.11 Å². The summed E-state index contributed by atoms with van der Waals surface area (Å²) in [5.41, 5.74) is -0.303. The van der Waals surface area contributed by atoms with Gasteiger partial charge >= 0.3 is 11.9 Å². The molecule has 20 heavy (non-hydrogen) atoms. The summed E-state index contributed by atoms with van der Waals surface area (Å²) in [6.07, 6.45) is -1.71. The molecule has 0 aliphatic heterocycles. The molecule has 0 saturated heterocycles. The second-order valence-electron chi connectivity index (χ2n) is 3.97. The molecule has 2 N–H and O–H groups in total. The SMILES string of the molecule is COC(=O)CCc1ccc([N+](=O)[O-])c(C(O)C(=O)O)c1. The fraction of sp³-hybridized carbons (Fsp3) is 0.333. The molecule has 0 aromatic heterocycles. The Morgan fingerprint density at radius 3 is 2.60 bits per heavy atom. The largest absolute Gasteiger partial charge is 0.479 e. The first-order valence-electron chi connectivity index (χ1n) is 5.61. The van der Waals surface area contributed by atoms with Crippen molar-refractivity contribution in [3.8, 4) is 0 Å². The molecule has 1 aromatic rings. The van der Waals surface area contributed by atoms with Gasteiger partial charge in [-0.3, -0.25) is 14.9 Å². The molecule has 0 aliphatic rings. The van der Waals surface area contributed by atoms with Gasteiger partial charge in [0.15, 0.2) is 6.10 Å². The number of hydrogen-bond acceptors (Lipinski definition) is 6. The summed E-state index contributed by atoms with van der Waals surface area (Å²) in [6.45, 7) is 0. The average molecular weight is 283 g/mol. The molecular formula is C12H13NO7. The quantitative estimate of drug-likeness (QED) is 0.449. The predicted octanol–water partition coefficient (Wildman–Crippen LogP) is 0.818. The van der Waals surface area contributed by atoms with Crippen molar-refractivity contribution < 1.29 is 29.5 Å². The number of hydrogen-bond donors (Lipinski definition) is 2. The van der Waals surface area contributed by atoms with Crippen LogP contribution in [0.15, 0.2) is 18.2 Å². The lowest BCUT2D eigenvalue weighted by Crippen LogP contribution is -2.13. The zero-order valence-electron chi connectivity index (χ0n) is 10.6. The second kappa shape index (κ2) is 6.62. The number of nitrogens with zero attached hydrogens (tertiary/aromatic N) is 1. The highest BCUT2D eigenvalue weighted by Gasteiger charge is 2.26. The zero-order valence-corrected chi connectivity index (χ0v) is 10.6. The summed E-state index contributed by atoms with van der Waals surface area (Å²) in [4.78, 5) is 31.8. The number of ether oxygens (including phenoxy) is 1. The van der Waals surface area contributed by atoms with E-state index in [0.717, 1.165) is 6.07 Å². The van der Waals surface area contributed by atoms with Crippen molar-refractivity contribution in [1.82, 2.24) is 0 Å². The predicted molar refractivity (Wildman–Crippen MR) is 66.0 cm³/mol. The van der Waals surface area contributed by atoms with E-state index in [4.69, 9.17) is 5.11 Å². The molecule has 1 atom stereocenters. The number of rotatable bonds is 6. The molecule has 0 amide bonds. The van der Waals surface area contributed by atoms with Crippen LogP contribution < -0.4 is 0 Å². The Morgan fingerprint density at radius 1 is 1.45 bits per heavy atom. The lowest BCUT2D eigenvalue weighted by molar-refractivity contribution is -0.386. The van der Waals surface area contributed by atoms with Crippen LogP contribution in [0, 0.1) is 10.1 Å². The third-order valence-electron chi connectivity index (χ3n) is 2.66. The van der Waals surface area contributed by atoms with E-state index in [1.165, 1.54) is 19.2 Å². The normalized spacial score (nSPS) is 11.7. The zero-order chi connectivity index (χ0) is 15.3. The maximum Gasteiger partial charge on any atom is 0.337 e. The van der Waals surface area contributed by atoms with Crippen molar-refractivity contribution in [3.63, 3.8) is 0 Å². The van der Waals surface area contributed by atoms with Crippen LogP contribution in [0.5, 0.6) is 0 Å². The molecule has 0 heterocycles. The van der Waals surface area contributed by atoms with E-state index in [-0.39, 0.29) is 18.4 Å². The Bertz CT molecular complexity index is 541. The van der Waals surface area contributed by atoms with Crippen LogP contribution in [0.3, 0.4) is 0 Å². The van der Waals surface area contributed by atoms with Crippen LogP contribution in [-0.2, 0) is 20.7 Å². The fourth-order valence-corrected chi connectivity index (χ4v) is 1.63. The van der Waals surface area contributed by atoms with Crippen LogP contribution in [0.1, 0.15) is 23.7 Å². The van der Waals surface area contributed by atoms with Gasteiger partial charge in [0.25, 0.3) is 5.69 Å². The van der Waals surface area contributed by atoms with Gasteiger partial charge < -0.3 is 14.9 Å². The average Bonchev–Trinajstić information content (AvgIpc) is 2.43. The van der Waals surface area contributed by atoms with Crippen molar-refractivity contribution in [2.45, 2.75) is 18.9 Å². The number of nitro groups is 1. The first-order chi connectivity index (χ1) is 9.36. The van der Waals surface area contributed by atoms with Crippen molar-refractivity contribution in [2.24, 2.45) is 0 Å². The van der Waals surface area contributed by atoms with E-state index in [0.29, 0.717) is 5.56 Å². The molecule has 0 radical (unpaired) electrons. The van der Waals surface area contributed by atoms with E-state index in [1.54, 1.807) is 0 Å². The molecule has 0 spiro atoms. The van der Waals surface area contributed by atoms with E-state index >= 15 is 0 Å².